The van der Waals surface area contributed by atoms with Crippen molar-refractivity contribution in [2.45, 2.75) is 37.1 Å². The molecule has 0 fully saturated rings. The average Bonchev–Trinajstić information content (AvgIpc) is 3.44. The van der Waals surface area contributed by atoms with Crippen molar-refractivity contribution in [3.63, 3.8) is 0 Å². The molecule has 1 aliphatic rings. The maximum Gasteiger partial charge on any atom is 0.231 e. The zero-order valence-corrected chi connectivity index (χ0v) is 19.2. The van der Waals surface area contributed by atoms with Crippen LogP contribution in [0.5, 0.6) is 11.5 Å². The van der Waals surface area contributed by atoms with E-state index in [0.29, 0.717) is 0 Å². The van der Waals surface area contributed by atoms with E-state index in [1.807, 2.05) is 36.4 Å². The van der Waals surface area contributed by atoms with E-state index in [2.05, 4.69) is 71.9 Å². The summed E-state index contributed by atoms with van der Waals surface area (Å²) >= 11 is 1.68. The number of hydrogen-bond donors (Lipinski definition) is 0. The van der Waals surface area contributed by atoms with Crippen LogP contribution in [0.15, 0.2) is 78.0 Å². The van der Waals surface area contributed by atoms with E-state index in [1.165, 1.54) is 11.1 Å². The van der Waals surface area contributed by atoms with Gasteiger partial charge in [-0.1, -0.05) is 75.0 Å². The number of aromatic nitrogens is 3. The van der Waals surface area contributed by atoms with Crippen molar-refractivity contribution in [3.8, 4) is 28.6 Å². The van der Waals surface area contributed by atoms with Crippen molar-refractivity contribution < 1.29 is 9.47 Å². The first-order chi connectivity index (χ1) is 15.5. The van der Waals surface area contributed by atoms with Gasteiger partial charge in [0, 0.05) is 17.0 Å². The Hall–Kier alpha value is -3.25. The van der Waals surface area contributed by atoms with Crippen molar-refractivity contribution >= 4 is 11.8 Å². The monoisotopic (exact) mass is 443 g/mol. The molecule has 6 heteroatoms. The van der Waals surface area contributed by atoms with E-state index in [9.17, 15) is 0 Å². The van der Waals surface area contributed by atoms with Crippen LogP contribution in [-0.2, 0) is 11.2 Å². The third-order valence-electron chi connectivity index (χ3n) is 5.47. The summed E-state index contributed by atoms with van der Waals surface area (Å²) in [6, 6.07) is 24.9. The molecule has 0 saturated carbocycles. The van der Waals surface area contributed by atoms with Crippen molar-refractivity contribution in [1.29, 1.82) is 0 Å². The highest BCUT2D eigenvalue weighted by atomic mass is 32.2. The molecule has 2 heterocycles. The average molecular weight is 444 g/mol. The van der Waals surface area contributed by atoms with Gasteiger partial charge in [0.15, 0.2) is 22.5 Å². The highest BCUT2D eigenvalue weighted by Crippen LogP contribution is 2.37. The van der Waals surface area contributed by atoms with Gasteiger partial charge in [0.2, 0.25) is 6.79 Å². The number of nitrogens with zero attached hydrogens (tertiary/aromatic N) is 3. The molecule has 1 aromatic heterocycles. The highest BCUT2D eigenvalue weighted by Gasteiger charge is 2.20. The summed E-state index contributed by atoms with van der Waals surface area (Å²) in [5.74, 6) is 3.09. The van der Waals surface area contributed by atoms with Crippen LogP contribution in [0.25, 0.3) is 17.1 Å². The Morgan fingerprint density at radius 3 is 2.38 bits per heavy atom. The number of thioether (sulfide) groups is 1. The van der Waals surface area contributed by atoms with Gasteiger partial charge in [-0.05, 0) is 46.9 Å². The molecule has 0 spiro atoms. The van der Waals surface area contributed by atoms with Gasteiger partial charge in [-0.15, -0.1) is 10.2 Å². The van der Waals surface area contributed by atoms with Crippen LogP contribution >= 0.6 is 11.8 Å². The van der Waals surface area contributed by atoms with Gasteiger partial charge >= 0.3 is 0 Å². The second kappa shape index (κ2) is 8.36. The second-order valence-corrected chi connectivity index (χ2v) is 9.72. The van der Waals surface area contributed by atoms with Crippen LogP contribution in [0.3, 0.4) is 0 Å². The lowest BCUT2D eigenvalue weighted by atomic mass is 9.87. The molecule has 0 atom stereocenters. The summed E-state index contributed by atoms with van der Waals surface area (Å²) in [7, 11) is 0. The predicted octanol–water partition coefficient (Wildman–Crippen LogP) is 6.25. The molecule has 1 aliphatic heterocycles. The first-order valence-corrected chi connectivity index (χ1v) is 11.6. The van der Waals surface area contributed by atoms with Crippen LogP contribution in [0.1, 0.15) is 31.9 Å². The minimum absolute atomic E-state index is 0.151. The van der Waals surface area contributed by atoms with Crippen LogP contribution in [0, 0.1) is 0 Å². The second-order valence-electron chi connectivity index (χ2n) is 8.78. The number of para-hydroxylation sites is 1. The zero-order chi connectivity index (χ0) is 22.1. The first kappa shape index (κ1) is 20.6. The molecule has 0 unspecified atom stereocenters. The Morgan fingerprint density at radius 2 is 1.62 bits per heavy atom. The van der Waals surface area contributed by atoms with Gasteiger partial charge in [-0.2, -0.15) is 0 Å². The van der Waals surface area contributed by atoms with Crippen LogP contribution in [0.2, 0.25) is 0 Å². The van der Waals surface area contributed by atoms with Gasteiger partial charge in [0.05, 0.1) is 0 Å². The molecule has 3 aromatic carbocycles. The van der Waals surface area contributed by atoms with Gasteiger partial charge in [-0.25, -0.2) is 0 Å². The van der Waals surface area contributed by atoms with Crippen molar-refractivity contribution in [2.24, 2.45) is 0 Å². The van der Waals surface area contributed by atoms with E-state index < -0.39 is 0 Å². The summed E-state index contributed by atoms with van der Waals surface area (Å²) < 4.78 is 13.1. The Morgan fingerprint density at radius 1 is 0.875 bits per heavy atom. The molecule has 0 radical (unpaired) electrons. The van der Waals surface area contributed by atoms with Gasteiger partial charge in [0.25, 0.3) is 0 Å². The lowest BCUT2D eigenvalue weighted by Gasteiger charge is -2.19. The number of rotatable bonds is 5. The molecule has 0 saturated heterocycles. The molecular formula is C26H25N3O2S. The molecule has 4 aromatic rings. The fourth-order valence-corrected chi connectivity index (χ4v) is 4.55. The molecule has 162 valence electrons. The summed E-state index contributed by atoms with van der Waals surface area (Å²) in [6.45, 7) is 6.95. The predicted molar refractivity (Wildman–Crippen MR) is 128 cm³/mol. The summed E-state index contributed by atoms with van der Waals surface area (Å²) in [4.78, 5) is 0. The van der Waals surface area contributed by atoms with E-state index >= 15 is 0 Å². The van der Waals surface area contributed by atoms with Crippen LogP contribution in [0.4, 0.5) is 0 Å². The summed E-state index contributed by atoms with van der Waals surface area (Å²) in [5.41, 5.74) is 4.71. The molecule has 32 heavy (non-hydrogen) atoms. The largest absolute Gasteiger partial charge is 0.454 e. The van der Waals surface area contributed by atoms with Gasteiger partial charge < -0.3 is 9.47 Å². The maximum atomic E-state index is 5.57. The number of fused-ring (bicyclic) bond motifs is 1. The SMILES string of the molecule is CC(C)(C)c1ccc(CSc2nnc(-c3ccc4c(c3)OCO4)n2-c2ccccc2)cc1. The molecule has 0 aliphatic carbocycles. The number of ether oxygens (including phenoxy) is 2. The number of benzene rings is 3. The smallest absolute Gasteiger partial charge is 0.231 e. The van der Waals surface area contributed by atoms with E-state index in [0.717, 1.165) is 39.5 Å². The highest BCUT2D eigenvalue weighted by molar-refractivity contribution is 7.98. The fourth-order valence-electron chi connectivity index (χ4n) is 3.64. The van der Waals surface area contributed by atoms with E-state index in [-0.39, 0.29) is 12.2 Å². The third-order valence-corrected chi connectivity index (χ3v) is 6.47. The van der Waals surface area contributed by atoms with Crippen LogP contribution < -0.4 is 9.47 Å². The Bertz CT molecular complexity index is 1230. The summed E-state index contributed by atoms with van der Waals surface area (Å²) in [5, 5.41) is 9.93. The summed E-state index contributed by atoms with van der Waals surface area (Å²) in [6.07, 6.45) is 0. The molecule has 5 nitrogen and oxygen atoms in total. The number of hydrogen-bond acceptors (Lipinski definition) is 5. The third kappa shape index (κ3) is 4.10. The first-order valence-electron chi connectivity index (χ1n) is 10.6. The minimum atomic E-state index is 0.151. The Balaban J connectivity index is 1.46. The zero-order valence-electron chi connectivity index (χ0n) is 18.4. The minimum Gasteiger partial charge on any atom is -0.454 e. The molecule has 0 bridgehead atoms. The molecule has 5 rings (SSSR count). The topological polar surface area (TPSA) is 49.2 Å². The van der Waals surface area contributed by atoms with Crippen LogP contribution in [-0.4, -0.2) is 21.6 Å². The van der Waals surface area contributed by atoms with Gasteiger partial charge in [-0.3, -0.25) is 4.57 Å². The maximum absolute atomic E-state index is 5.57. The van der Waals surface area contributed by atoms with E-state index in [4.69, 9.17) is 9.47 Å². The lowest BCUT2D eigenvalue weighted by molar-refractivity contribution is 0.174. The van der Waals surface area contributed by atoms with Crippen molar-refractivity contribution in [3.05, 3.63) is 83.9 Å². The molecular weight excluding hydrogens is 418 g/mol. The van der Waals surface area contributed by atoms with Crippen molar-refractivity contribution in [1.82, 2.24) is 14.8 Å². The normalized spacial score (nSPS) is 12.8. The van der Waals surface area contributed by atoms with Crippen molar-refractivity contribution in [2.75, 3.05) is 6.79 Å². The Kier molecular flexibility index (Phi) is 5.39. The van der Waals surface area contributed by atoms with E-state index in [1.54, 1.807) is 11.8 Å². The standard InChI is InChI=1S/C26H25N3O2S/c1-26(2,3)20-12-9-18(10-13-20)16-32-25-28-27-24(29(25)21-7-5-4-6-8-21)19-11-14-22-23(15-19)31-17-30-22/h4-15H,16-17H2,1-3H3. The molecule has 0 amide bonds. The lowest BCUT2D eigenvalue weighted by Crippen LogP contribution is -2.10. The fraction of sp³-hybridized carbons (Fsp3) is 0.231. The molecule has 0 N–H and O–H groups in total. The Labute approximate surface area is 192 Å². The quantitative estimate of drug-likeness (QED) is 0.341. The van der Waals surface area contributed by atoms with Gasteiger partial charge in [0.1, 0.15) is 0 Å².